The van der Waals surface area contributed by atoms with E-state index in [0.717, 1.165) is 13.2 Å². The zero-order valence-corrected chi connectivity index (χ0v) is 10.5. The van der Waals surface area contributed by atoms with Gasteiger partial charge >= 0.3 is 0 Å². The first kappa shape index (κ1) is 12.9. The number of piperidine rings is 1. The molecule has 0 aromatic heterocycles. The van der Waals surface area contributed by atoms with E-state index in [1.165, 1.54) is 32.4 Å². The molecule has 90 valence electrons. The Bertz CT molecular complexity index is 162. The first-order valence-electron chi connectivity index (χ1n) is 6.27. The Morgan fingerprint density at radius 3 is 3.00 bits per heavy atom. The van der Waals surface area contributed by atoms with Crippen LogP contribution in [0.5, 0.6) is 0 Å². The molecule has 1 aliphatic heterocycles. The fourth-order valence-electron chi connectivity index (χ4n) is 2.11. The maximum Gasteiger partial charge on any atom is 0.0702 e. The standard InChI is InChI=1S/C12H26N2O/c1-4-15-12-6-5-8-14(10-12)9-7-11(2)13-3/h11-13H,4-10H2,1-3H3. The van der Waals surface area contributed by atoms with Crippen molar-refractivity contribution in [3.8, 4) is 0 Å². The first-order valence-corrected chi connectivity index (χ1v) is 6.27. The second kappa shape index (κ2) is 7.20. The van der Waals surface area contributed by atoms with Crippen LogP contribution in [0.1, 0.15) is 33.1 Å². The van der Waals surface area contributed by atoms with Gasteiger partial charge in [0.25, 0.3) is 0 Å². The molecule has 1 heterocycles. The summed E-state index contributed by atoms with van der Waals surface area (Å²) in [5.74, 6) is 0. The van der Waals surface area contributed by atoms with Gasteiger partial charge < -0.3 is 15.0 Å². The number of nitrogens with one attached hydrogen (secondary N) is 1. The molecule has 2 atom stereocenters. The predicted molar refractivity (Wildman–Crippen MR) is 64.2 cm³/mol. The van der Waals surface area contributed by atoms with Gasteiger partial charge in [-0.15, -0.1) is 0 Å². The van der Waals surface area contributed by atoms with Crippen LogP contribution in [0.15, 0.2) is 0 Å². The van der Waals surface area contributed by atoms with Gasteiger partial charge in [0.1, 0.15) is 0 Å². The summed E-state index contributed by atoms with van der Waals surface area (Å²) >= 11 is 0. The average molecular weight is 214 g/mol. The molecule has 1 N–H and O–H groups in total. The van der Waals surface area contributed by atoms with Gasteiger partial charge in [-0.2, -0.15) is 0 Å². The third kappa shape index (κ3) is 4.96. The Hall–Kier alpha value is -0.120. The summed E-state index contributed by atoms with van der Waals surface area (Å²) in [6.07, 6.45) is 4.24. The largest absolute Gasteiger partial charge is 0.377 e. The molecular weight excluding hydrogens is 188 g/mol. The summed E-state index contributed by atoms with van der Waals surface area (Å²) in [4.78, 5) is 2.54. The fourth-order valence-corrected chi connectivity index (χ4v) is 2.11. The van der Waals surface area contributed by atoms with E-state index in [-0.39, 0.29) is 0 Å². The molecule has 1 saturated heterocycles. The van der Waals surface area contributed by atoms with Crippen LogP contribution in [0.25, 0.3) is 0 Å². The minimum absolute atomic E-state index is 0.480. The second-order valence-corrected chi connectivity index (χ2v) is 4.50. The highest BCUT2D eigenvalue weighted by Crippen LogP contribution is 2.13. The van der Waals surface area contributed by atoms with Crippen molar-refractivity contribution in [1.29, 1.82) is 0 Å². The first-order chi connectivity index (χ1) is 7.26. The molecule has 3 heteroatoms. The normalized spacial score (nSPS) is 25.4. The summed E-state index contributed by atoms with van der Waals surface area (Å²) in [7, 11) is 2.03. The van der Waals surface area contributed by atoms with Crippen LogP contribution in [0, 0.1) is 0 Å². The number of rotatable bonds is 6. The molecule has 0 spiro atoms. The summed E-state index contributed by atoms with van der Waals surface area (Å²) in [5.41, 5.74) is 0. The molecule has 1 fully saturated rings. The molecule has 0 amide bonds. The molecule has 0 aromatic carbocycles. The SMILES string of the molecule is CCOC1CCCN(CCC(C)NC)C1. The molecule has 1 aliphatic rings. The lowest BCUT2D eigenvalue weighted by molar-refractivity contribution is 0.00523. The minimum Gasteiger partial charge on any atom is -0.377 e. The van der Waals surface area contributed by atoms with Crippen LogP contribution in [-0.2, 0) is 4.74 Å². The smallest absolute Gasteiger partial charge is 0.0702 e. The molecule has 0 aromatic rings. The van der Waals surface area contributed by atoms with Gasteiger partial charge in [-0.05, 0) is 53.2 Å². The highest BCUT2D eigenvalue weighted by atomic mass is 16.5. The quantitative estimate of drug-likeness (QED) is 0.725. The van der Waals surface area contributed by atoms with E-state index in [0.29, 0.717) is 12.1 Å². The number of hydrogen-bond donors (Lipinski definition) is 1. The maximum absolute atomic E-state index is 5.69. The zero-order chi connectivity index (χ0) is 11.1. The van der Waals surface area contributed by atoms with E-state index in [9.17, 15) is 0 Å². The molecule has 0 radical (unpaired) electrons. The van der Waals surface area contributed by atoms with E-state index < -0.39 is 0 Å². The van der Waals surface area contributed by atoms with Gasteiger partial charge in [0.2, 0.25) is 0 Å². The van der Waals surface area contributed by atoms with Crippen LogP contribution in [0.2, 0.25) is 0 Å². The fraction of sp³-hybridized carbons (Fsp3) is 1.00. The topological polar surface area (TPSA) is 24.5 Å². The van der Waals surface area contributed by atoms with E-state index in [2.05, 4.69) is 24.1 Å². The molecule has 15 heavy (non-hydrogen) atoms. The molecule has 0 saturated carbocycles. The van der Waals surface area contributed by atoms with E-state index >= 15 is 0 Å². The Kier molecular flexibility index (Phi) is 6.22. The lowest BCUT2D eigenvalue weighted by Gasteiger charge is -2.33. The lowest BCUT2D eigenvalue weighted by Crippen LogP contribution is -2.41. The Morgan fingerprint density at radius 2 is 2.33 bits per heavy atom. The predicted octanol–water partition coefficient (Wildman–Crippen LogP) is 1.49. The Balaban J connectivity index is 2.18. The number of hydrogen-bond acceptors (Lipinski definition) is 3. The Morgan fingerprint density at radius 1 is 1.53 bits per heavy atom. The van der Waals surface area contributed by atoms with Gasteiger partial charge in [0, 0.05) is 19.2 Å². The highest BCUT2D eigenvalue weighted by Gasteiger charge is 2.19. The maximum atomic E-state index is 5.69. The molecule has 2 unspecified atom stereocenters. The van der Waals surface area contributed by atoms with Crippen molar-refractivity contribution in [2.75, 3.05) is 33.3 Å². The van der Waals surface area contributed by atoms with Crippen molar-refractivity contribution in [2.45, 2.75) is 45.3 Å². The summed E-state index contributed by atoms with van der Waals surface area (Å²) < 4.78 is 5.69. The van der Waals surface area contributed by atoms with Gasteiger partial charge in [-0.1, -0.05) is 0 Å². The van der Waals surface area contributed by atoms with Gasteiger partial charge in [-0.3, -0.25) is 0 Å². The summed E-state index contributed by atoms with van der Waals surface area (Å²) in [5, 5.41) is 3.28. The zero-order valence-electron chi connectivity index (χ0n) is 10.5. The van der Waals surface area contributed by atoms with Crippen LogP contribution in [-0.4, -0.2) is 50.3 Å². The third-order valence-corrected chi connectivity index (χ3v) is 3.24. The minimum atomic E-state index is 0.480. The molecule has 3 nitrogen and oxygen atoms in total. The van der Waals surface area contributed by atoms with Crippen LogP contribution in [0.4, 0.5) is 0 Å². The van der Waals surface area contributed by atoms with Crippen LogP contribution in [0.3, 0.4) is 0 Å². The van der Waals surface area contributed by atoms with Crippen molar-refractivity contribution >= 4 is 0 Å². The van der Waals surface area contributed by atoms with Crippen molar-refractivity contribution < 1.29 is 4.74 Å². The molecule has 0 aliphatic carbocycles. The molecule has 0 bridgehead atoms. The van der Waals surface area contributed by atoms with Crippen LogP contribution < -0.4 is 5.32 Å². The average Bonchev–Trinajstić information content (AvgIpc) is 2.27. The number of ether oxygens (including phenoxy) is 1. The summed E-state index contributed by atoms with van der Waals surface area (Å²) in [6, 6.07) is 0.623. The third-order valence-electron chi connectivity index (χ3n) is 3.24. The second-order valence-electron chi connectivity index (χ2n) is 4.50. The molecule has 1 rings (SSSR count). The van der Waals surface area contributed by atoms with Gasteiger partial charge in [-0.25, -0.2) is 0 Å². The number of likely N-dealkylation sites (tertiary alicyclic amines) is 1. The van der Waals surface area contributed by atoms with Crippen LogP contribution >= 0.6 is 0 Å². The lowest BCUT2D eigenvalue weighted by atomic mass is 10.1. The monoisotopic (exact) mass is 214 g/mol. The highest BCUT2D eigenvalue weighted by molar-refractivity contribution is 4.74. The van der Waals surface area contributed by atoms with Gasteiger partial charge in [0.05, 0.1) is 6.10 Å². The van der Waals surface area contributed by atoms with E-state index in [1.807, 2.05) is 7.05 Å². The van der Waals surface area contributed by atoms with Crippen molar-refractivity contribution in [3.63, 3.8) is 0 Å². The van der Waals surface area contributed by atoms with Crippen molar-refractivity contribution in [2.24, 2.45) is 0 Å². The van der Waals surface area contributed by atoms with Crippen molar-refractivity contribution in [1.82, 2.24) is 10.2 Å². The van der Waals surface area contributed by atoms with E-state index in [1.54, 1.807) is 0 Å². The molecular formula is C12H26N2O. The summed E-state index contributed by atoms with van der Waals surface area (Å²) in [6.45, 7) is 8.76. The van der Waals surface area contributed by atoms with Crippen molar-refractivity contribution in [3.05, 3.63) is 0 Å². The number of nitrogens with zero attached hydrogens (tertiary/aromatic N) is 1. The van der Waals surface area contributed by atoms with E-state index in [4.69, 9.17) is 4.74 Å². The van der Waals surface area contributed by atoms with Gasteiger partial charge in [0.15, 0.2) is 0 Å². The Labute approximate surface area is 94.2 Å².